The number of aromatic carboxylic acids is 1. The van der Waals surface area contributed by atoms with Gasteiger partial charge in [-0.15, -0.1) is 0 Å². The summed E-state index contributed by atoms with van der Waals surface area (Å²) < 4.78 is 4.90. The van der Waals surface area contributed by atoms with Crippen molar-refractivity contribution in [1.29, 1.82) is 0 Å². The van der Waals surface area contributed by atoms with E-state index in [0.717, 1.165) is 0 Å². The lowest BCUT2D eigenvalue weighted by Crippen LogP contribution is -2.23. The lowest BCUT2D eigenvalue weighted by atomic mass is 10.1. The van der Waals surface area contributed by atoms with Crippen LogP contribution >= 0.6 is 0 Å². The van der Waals surface area contributed by atoms with Crippen LogP contribution in [0.4, 0.5) is 5.69 Å². The van der Waals surface area contributed by atoms with Crippen LogP contribution in [0, 0.1) is 12.8 Å². The number of amides is 1. The summed E-state index contributed by atoms with van der Waals surface area (Å²) >= 11 is 0. The quantitative estimate of drug-likeness (QED) is 0.838. The number of rotatable bonds is 5. The zero-order valence-electron chi connectivity index (χ0n) is 10.7. The third-order valence-corrected chi connectivity index (χ3v) is 2.59. The van der Waals surface area contributed by atoms with Gasteiger partial charge in [-0.1, -0.05) is 6.92 Å². The standard InChI is InChI=1S/C13H17NO4/c1-8-6-10(4-5-11(8)13(16)17)14-12(15)9(2)7-18-3/h4-6,9H,7H2,1-3H3,(H,14,15)(H,16,17). The molecule has 0 radical (unpaired) electrons. The Labute approximate surface area is 106 Å². The van der Waals surface area contributed by atoms with Crippen LogP contribution < -0.4 is 5.32 Å². The normalized spacial score (nSPS) is 11.9. The fraction of sp³-hybridized carbons (Fsp3) is 0.385. The van der Waals surface area contributed by atoms with Crippen LogP contribution in [-0.2, 0) is 9.53 Å². The molecule has 0 heterocycles. The molecule has 5 heteroatoms. The molecule has 1 amide bonds. The molecule has 0 saturated carbocycles. The van der Waals surface area contributed by atoms with E-state index in [1.807, 2.05) is 0 Å². The second-order valence-corrected chi connectivity index (χ2v) is 4.18. The van der Waals surface area contributed by atoms with E-state index in [2.05, 4.69) is 5.32 Å². The number of hydrogen-bond acceptors (Lipinski definition) is 3. The second-order valence-electron chi connectivity index (χ2n) is 4.18. The van der Waals surface area contributed by atoms with Gasteiger partial charge < -0.3 is 15.2 Å². The van der Waals surface area contributed by atoms with Crippen LogP contribution in [0.5, 0.6) is 0 Å². The van der Waals surface area contributed by atoms with Crippen LogP contribution in [0.1, 0.15) is 22.8 Å². The Kier molecular flexibility index (Phi) is 4.85. The first-order chi connectivity index (χ1) is 8.45. The molecule has 2 N–H and O–H groups in total. The van der Waals surface area contributed by atoms with Crippen LogP contribution in [0.25, 0.3) is 0 Å². The number of carboxylic acids is 1. The average Bonchev–Trinajstić information content (AvgIpc) is 2.28. The van der Waals surface area contributed by atoms with E-state index in [1.54, 1.807) is 26.0 Å². The molecule has 0 aliphatic carbocycles. The van der Waals surface area contributed by atoms with E-state index in [9.17, 15) is 9.59 Å². The number of hydrogen-bond donors (Lipinski definition) is 2. The number of ether oxygens (including phenoxy) is 1. The van der Waals surface area contributed by atoms with Gasteiger partial charge in [0.2, 0.25) is 5.91 Å². The van der Waals surface area contributed by atoms with Crippen molar-refractivity contribution in [2.45, 2.75) is 13.8 Å². The van der Waals surface area contributed by atoms with E-state index in [0.29, 0.717) is 17.9 Å². The van der Waals surface area contributed by atoms with E-state index in [4.69, 9.17) is 9.84 Å². The summed E-state index contributed by atoms with van der Waals surface area (Å²) in [7, 11) is 1.54. The summed E-state index contributed by atoms with van der Waals surface area (Å²) in [6.45, 7) is 3.80. The molecular formula is C13H17NO4. The molecule has 0 bridgehead atoms. The number of aryl methyl sites for hydroxylation is 1. The Hall–Kier alpha value is -1.88. The highest BCUT2D eigenvalue weighted by Crippen LogP contribution is 2.16. The number of benzene rings is 1. The molecule has 1 rings (SSSR count). The first-order valence-corrected chi connectivity index (χ1v) is 5.59. The zero-order valence-corrected chi connectivity index (χ0v) is 10.7. The summed E-state index contributed by atoms with van der Waals surface area (Å²) in [4.78, 5) is 22.6. The summed E-state index contributed by atoms with van der Waals surface area (Å²) in [6.07, 6.45) is 0. The second kappa shape index (κ2) is 6.16. The molecule has 1 aromatic carbocycles. The molecule has 0 aliphatic heterocycles. The fourth-order valence-electron chi connectivity index (χ4n) is 1.57. The number of anilines is 1. The molecule has 0 aromatic heterocycles. The Morgan fingerprint density at radius 3 is 2.61 bits per heavy atom. The molecule has 0 aliphatic rings. The molecule has 1 atom stereocenters. The molecule has 1 aromatic rings. The zero-order chi connectivity index (χ0) is 13.7. The van der Waals surface area contributed by atoms with Gasteiger partial charge in [-0.2, -0.15) is 0 Å². The smallest absolute Gasteiger partial charge is 0.335 e. The predicted octanol–water partition coefficient (Wildman–Crippen LogP) is 1.91. The topological polar surface area (TPSA) is 75.6 Å². The van der Waals surface area contributed by atoms with Gasteiger partial charge in [-0.25, -0.2) is 4.79 Å². The SMILES string of the molecule is COCC(C)C(=O)Nc1ccc(C(=O)O)c(C)c1. The van der Waals surface area contributed by atoms with Gasteiger partial charge in [0.25, 0.3) is 0 Å². The van der Waals surface area contributed by atoms with Crippen molar-refractivity contribution in [3.8, 4) is 0 Å². The minimum atomic E-state index is -0.974. The highest BCUT2D eigenvalue weighted by atomic mass is 16.5. The average molecular weight is 251 g/mol. The molecule has 98 valence electrons. The maximum atomic E-state index is 11.7. The van der Waals surface area contributed by atoms with Gasteiger partial charge >= 0.3 is 5.97 Å². The van der Waals surface area contributed by atoms with Crippen molar-refractivity contribution in [3.05, 3.63) is 29.3 Å². The van der Waals surface area contributed by atoms with Crippen molar-refractivity contribution in [1.82, 2.24) is 0 Å². The predicted molar refractivity (Wildman–Crippen MR) is 67.8 cm³/mol. The minimum absolute atomic E-state index is 0.153. The third-order valence-electron chi connectivity index (χ3n) is 2.59. The van der Waals surface area contributed by atoms with Crippen molar-refractivity contribution in [3.63, 3.8) is 0 Å². The first-order valence-electron chi connectivity index (χ1n) is 5.59. The van der Waals surface area contributed by atoms with Crippen molar-refractivity contribution in [2.24, 2.45) is 5.92 Å². The summed E-state index contributed by atoms with van der Waals surface area (Å²) in [5.74, 6) is -1.38. The van der Waals surface area contributed by atoms with E-state index in [-0.39, 0.29) is 17.4 Å². The lowest BCUT2D eigenvalue weighted by Gasteiger charge is -2.12. The maximum Gasteiger partial charge on any atom is 0.335 e. The molecule has 5 nitrogen and oxygen atoms in total. The van der Waals surface area contributed by atoms with Crippen molar-refractivity contribution < 1.29 is 19.4 Å². The van der Waals surface area contributed by atoms with Gasteiger partial charge in [0.1, 0.15) is 0 Å². The van der Waals surface area contributed by atoms with E-state index in [1.165, 1.54) is 13.2 Å². The molecule has 0 spiro atoms. The van der Waals surface area contributed by atoms with E-state index < -0.39 is 5.97 Å². The highest BCUT2D eigenvalue weighted by molar-refractivity contribution is 5.94. The van der Waals surface area contributed by atoms with Gasteiger partial charge in [0.15, 0.2) is 0 Å². The van der Waals surface area contributed by atoms with Gasteiger partial charge in [0, 0.05) is 12.8 Å². The molecule has 1 unspecified atom stereocenters. The van der Waals surface area contributed by atoms with Crippen LogP contribution in [0.15, 0.2) is 18.2 Å². The van der Waals surface area contributed by atoms with Crippen LogP contribution in [0.2, 0.25) is 0 Å². The Bertz CT molecular complexity index is 456. The molecular weight excluding hydrogens is 234 g/mol. The summed E-state index contributed by atoms with van der Waals surface area (Å²) in [6, 6.07) is 4.70. The van der Waals surface area contributed by atoms with Crippen LogP contribution in [0.3, 0.4) is 0 Å². The Balaban J connectivity index is 2.77. The first kappa shape index (κ1) is 14.2. The number of methoxy groups -OCH3 is 1. The van der Waals surface area contributed by atoms with Crippen LogP contribution in [-0.4, -0.2) is 30.7 Å². The number of carbonyl (C=O) groups excluding carboxylic acids is 1. The van der Waals surface area contributed by atoms with Gasteiger partial charge in [-0.05, 0) is 30.7 Å². The Morgan fingerprint density at radius 2 is 2.11 bits per heavy atom. The Morgan fingerprint density at radius 1 is 1.44 bits per heavy atom. The van der Waals surface area contributed by atoms with Gasteiger partial charge in [-0.3, -0.25) is 4.79 Å². The number of carbonyl (C=O) groups is 2. The largest absolute Gasteiger partial charge is 0.478 e. The number of carboxylic acid groups (broad SMARTS) is 1. The molecule has 18 heavy (non-hydrogen) atoms. The lowest BCUT2D eigenvalue weighted by molar-refractivity contribution is -0.120. The maximum absolute atomic E-state index is 11.7. The van der Waals surface area contributed by atoms with Gasteiger partial charge in [0.05, 0.1) is 18.1 Å². The summed E-state index contributed by atoms with van der Waals surface area (Å²) in [5.41, 5.74) is 1.43. The van der Waals surface area contributed by atoms with Crippen molar-refractivity contribution >= 4 is 17.6 Å². The highest BCUT2D eigenvalue weighted by Gasteiger charge is 2.13. The number of nitrogens with one attached hydrogen (secondary N) is 1. The van der Waals surface area contributed by atoms with E-state index >= 15 is 0 Å². The third kappa shape index (κ3) is 3.56. The molecule has 0 saturated heterocycles. The monoisotopic (exact) mass is 251 g/mol. The fourth-order valence-corrected chi connectivity index (χ4v) is 1.57. The van der Waals surface area contributed by atoms with Crippen molar-refractivity contribution in [2.75, 3.05) is 19.0 Å². The summed E-state index contributed by atoms with van der Waals surface area (Å²) in [5, 5.41) is 11.6. The minimum Gasteiger partial charge on any atom is -0.478 e. The molecule has 0 fully saturated rings.